The molecule has 11 nitrogen and oxygen atoms in total. The highest BCUT2D eigenvalue weighted by Crippen LogP contribution is 2.60. The first-order chi connectivity index (χ1) is 19.0. The first-order valence-electron chi connectivity index (χ1n) is 14.1. The molecule has 1 aromatic carbocycles. The second kappa shape index (κ2) is 11.1. The number of aromatic nitrogens is 4. The molecule has 1 saturated carbocycles. The normalized spacial score (nSPS) is 21.3. The number of aromatic amines is 1. The van der Waals surface area contributed by atoms with Gasteiger partial charge in [0.15, 0.2) is 6.29 Å². The number of nitrogens with one attached hydrogen (secondary N) is 2. The Balaban J connectivity index is 1.08. The van der Waals surface area contributed by atoms with E-state index in [1.165, 1.54) is 12.8 Å². The van der Waals surface area contributed by atoms with E-state index in [2.05, 4.69) is 30.3 Å². The van der Waals surface area contributed by atoms with Gasteiger partial charge in [0.2, 0.25) is 5.95 Å². The summed E-state index contributed by atoms with van der Waals surface area (Å²) in [5.74, 6) is 1.91. The molecular weight excluding hydrogens is 498 g/mol. The van der Waals surface area contributed by atoms with Crippen LogP contribution in [0, 0.1) is 11.3 Å². The number of likely N-dealkylation sites (tertiary alicyclic amines) is 1. The summed E-state index contributed by atoms with van der Waals surface area (Å²) in [5, 5.41) is 29.1. The maximum Gasteiger partial charge on any atom is 0.277 e. The molecular formula is C28H37N7O4. The van der Waals surface area contributed by atoms with Crippen molar-refractivity contribution in [2.75, 3.05) is 49.5 Å². The van der Waals surface area contributed by atoms with Gasteiger partial charge < -0.3 is 25.2 Å². The van der Waals surface area contributed by atoms with Crippen LogP contribution in [-0.4, -0.2) is 80.9 Å². The minimum Gasteiger partial charge on any atom is -0.492 e. The molecule has 0 radical (unpaired) electrons. The van der Waals surface area contributed by atoms with Crippen LogP contribution >= 0.6 is 0 Å². The van der Waals surface area contributed by atoms with Gasteiger partial charge in [0.05, 0.1) is 6.20 Å². The van der Waals surface area contributed by atoms with Crippen LogP contribution in [0.2, 0.25) is 0 Å². The van der Waals surface area contributed by atoms with Gasteiger partial charge in [-0.3, -0.25) is 9.69 Å². The van der Waals surface area contributed by atoms with Crippen LogP contribution in [0.4, 0.5) is 17.5 Å². The Hall–Kier alpha value is -3.28. The van der Waals surface area contributed by atoms with Crippen molar-refractivity contribution in [1.82, 2.24) is 25.1 Å². The van der Waals surface area contributed by atoms with Crippen molar-refractivity contribution < 1.29 is 14.9 Å². The Morgan fingerprint density at radius 2 is 1.79 bits per heavy atom. The minimum atomic E-state index is -1.18. The van der Waals surface area contributed by atoms with Gasteiger partial charge in [-0.05, 0) is 74.9 Å². The van der Waals surface area contributed by atoms with E-state index in [-0.39, 0.29) is 16.9 Å². The van der Waals surface area contributed by atoms with Crippen molar-refractivity contribution in [1.29, 1.82) is 0 Å². The maximum absolute atomic E-state index is 12.6. The number of nitrogens with zero attached hydrogens (tertiary/aromatic N) is 5. The van der Waals surface area contributed by atoms with Crippen LogP contribution < -0.4 is 20.5 Å². The smallest absolute Gasteiger partial charge is 0.277 e. The number of hydrogen-bond donors (Lipinski definition) is 4. The lowest BCUT2D eigenvalue weighted by atomic mass is 9.90. The van der Waals surface area contributed by atoms with E-state index < -0.39 is 6.29 Å². The lowest BCUT2D eigenvalue weighted by molar-refractivity contribution is -0.0700. The second-order valence-electron chi connectivity index (χ2n) is 11.2. The molecule has 2 aromatic heterocycles. The maximum atomic E-state index is 12.6. The summed E-state index contributed by atoms with van der Waals surface area (Å²) >= 11 is 0. The van der Waals surface area contributed by atoms with Crippen LogP contribution in [0.25, 0.3) is 10.9 Å². The molecule has 11 heteroatoms. The van der Waals surface area contributed by atoms with E-state index >= 15 is 0 Å². The van der Waals surface area contributed by atoms with E-state index in [1.807, 2.05) is 24.3 Å². The zero-order valence-electron chi connectivity index (χ0n) is 22.2. The topological polar surface area (TPSA) is 140 Å². The molecule has 6 rings (SSSR count). The molecule has 1 spiro atoms. The fourth-order valence-corrected chi connectivity index (χ4v) is 6.15. The predicted octanol–water partition coefficient (Wildman–Crippen LogP) is 2.63. The molecule has 208 valence electrons. The largest absolute Gasteiger partial charge is 0.492 e. The first kappa shape index (κ1) is 26.0. The summed E-state index contributed by atoms with van der Waals surface area (Å²) in [5.41, 5.74) is 1.14. The van der Waals surface area contributed by atoms with Crippen molar-refractivity contribution in [3.05, 3.63) is 40.8 Å². The number of H-pyrrole nitrogens is 1. The van der Waals surface area contributed by atoms with Crippen LogP contribution in [0.15, 0.2) is 35.3 Å². The van der Waals surface area contributed by atoms with Gasteiger partial charge in [0.25, 0.3) is 5.56 Å². The number of piperidine rings is 1. The fourth-order valence-electron chi connectivity index (χ4n) is 6.15. The summed E-state index contributed by atoms with van der Waals surface area (Å²) in [6.45, 7) is 5.17. The zero-order chi connectivity index (χ0) is 26.8. The van der Waals surface area contributed by atoms with E-state index in [9.17, 15) is 15.0 Å². The molecule has 0 amide bonds. The third kappa shape index (κ3) is 5.70. The monoisotopic (exact) mass is 535 g/mol. The number of rotatable bonds is 8. The zero-order valence-corrected chi connectivity index (χ0v) is 22.2. The van der Waals surface area contributed by atoms with Crippen LogP contribution in [-0.2, 0) is 0 Å². The number of fused-ring (bicyclic) bond motifs is 1. The molecule has 3 aliphatic rings. The van der Waals surface area contributed by atoms with Crippen molar-refractivity contribution in [2.45, 2.75) is 51.2 Å². The van der Waals surface area contributed by atoms with E-state index in [0.717, 1.165) is 76.3 Å². The van der Waals surface area contributed by atoms with Crippen molar-refractivity contribution >= 4 is 28.4 Å². The number of aliphatic hydroxyl groups excluding tert-OH is 1. The number of aliphatic hydroxyl groups is 2. The first-order valence-corrected chi connectivity index (χ1v) is 14.1. The highest BCUT2D eigenvalue weighted by atomic mass is 16.5. The summed E-state index contributed by atoms with van der Waals surface area (Å²) in [6, 6.07) is 7.66. The van der Waals surface area contributed by atoms with Gasteiger partial charge in [-0.1, -0.05) is 12.8 Å². The summed E-state index contributed by atoms with van der Waals surface area (Å²) in [4.78, 5) is 26.6. The summed E-state index contributed by atoms with van der Waals surface area (Å²) in [6.07, 6.45) is 7.99. The van der Waals surface area contributed by atoms with E-state index in [1.54, 1.807) is 6.20 Å². The highest BCUT2D eigenvalue weighted by Gasteiger charge is 2.57. The molecule has 3 aromatic rings. The van der Waals surface area contributed by atoms with Gasteiger partial charge in [-0.2, -0.15) is 10.1 Å². The average Bonchev–Trinajstić information content (AvgIpc) is 3.71. The van der Waals surface area contributed by atoms with Crippen LogP contribution in [0.5, 0.6) is 5.75 Å². The van der Waals surface area contributed by atoms with E-state index in [4.69, 9.17) is 9.72 Å². The van der Waals surface area contributed by atoms with Crippen molar-refractivity contribution in [3.63, 3.8) is 0 Å². The standard InChI is InChI=1S/C28H37N7O4/c36-25-23-22(18-29-33-25)31-27(35-11-3-1-2-4-12-35)32-24(23)30-19-5-7-20(8-6-19)39-16-15-34-13-9-28(10-14-34)17-21(28)26(37)38/h5-8,18,21,26,37-38H,1-4,9-17H2,(H,33,36)(H,30,31,32). The molecule has 2 aliphatic heterocycles. The van der Waals surface area contributed by atoms with Gasteiger partial charge in [-0.15, -0.1) is 0 Å². The lowest BCUT2D eigenvalue weighted by Gasteiger charge is -2.33. The van der Waals surface area contributed by atoms with Gasteiger partial charge in [0, 0.05) is 31.2 Å². The van der Waals surface area contributed by atoms with Crippen LogP contribution in [0.3, 0.4) is 0 Å². The number of anilines is 3. The number of ether oxygens (including phenoxy) is 1. The Morgan fingerprint density at radius 1 is 1.05 bits per heavy atom. The number of hydrogen-bond acceptors (Lipinski definition) is 10. The van der Waals surface area contributed by atoms with Crippen molar-refractivity contribution in [3.8, 4) is 5.75 Å². The third-order valence-electron chi connectivity index (χ3n) is 8.65. The molecule has 2 saturated heterocycles. The molecule has 1 unspecified atom stereocenters. The molecule has 39 heavy (non-hydrogen) atoms. The van der Waals surface area contributed by atoms with E-state index in [0.29, 0.717) is 29.3 Å². The predicted molar refractivity (Wildman–Crippen MR) is 148 cm³/mol. The lowest BCUT2D eigenvalue weighted by Crippen LogP contribution is -2.38. The molecule has 4 heterocycles. The molecule has 1 atom stereocenters. The van der Waals surface area contributed by atoms with Crippen molar-refractivity contribution in [2.24, 2.45) is 11.3 Å². The molecule has 1 aliphatic carbocycles. The Labute approximate surface area is 227 Å². The molecule has 4 N–H and O–H groups in total. The Bertz CT molecular complexity index is 1330. The summed E-state index contributed by atoms with van der Waals surface area (Å²) in [7, 11) is 0. The van der Waals surface area contributed by atoms with Gasteiger partial charge in [0.1, 0.15) is 29.1 Å². The molecule has 3 fully saturated rings. The SMILES string of the molecule is O=c1[nH]ncc2nc(N3CCCCCC3)nc(Nc3ccc(OCCN4CCC5(CC4)CC5C(O)O)cc3)c12. The highest BCUT2D eigenvalue weighted by molar-refractivity contribution is 5.90. The minimum absolute atomic E-state index is 0.0549. The van der Waals surface area contributed by atoms with Crippen LogP contribution in [0.1, 0.15) is 44.9 Å². The number of benzene rings is 1. The Morgan fingerprint density at radius 3 is 2.49 bits per heavy atom. The Kier molecular flexibility index (Phi) is 7.37. The molecule has 0 bridgehead atoms. The second-order valence-corrected chi connectivity index (χ2v) is 11.2. The van der Waals surface area contributed by atoms with Gasteiger partial charge in [-0.25, -0.2) is 10.1 Å². The third-order valence-corrected chi connectivity index (χ3v) is 8.65. The fraction of sp³-hybridized carbons (Fsp3) is 0.571. The summed E-state index contributed by atoms with van der Waals surface area (Å²) < 4.78 is 6.00. The quantitative estimate of drug-likeness (QED) is 0.318. The van der Waals surface area contributed by atoms with Gasteiger partial charge >= 0.3 is 0 Å². The average molecular weight is 536 g/mol.